The SMILES string of the molecule is ClC1CCOc2ccc(Br)cc21. The maximum atomic E-state index is 6.12. The number of ether oxygens (including phenoxy) is 1. The first-order valence-corrected chi connectivity index (χ1v) is 5.06. The summed E-state index contributed by atoms with van der Waals surface area (Å²) >= 11 is 9.52. The highest BCUT2D eigenvalue weighted by molar-refractivity contribution is 9.10. The zero-order valence-corrected chi connectivity index (χ0v) is 8.73. The minimum atomic E-state index is 0.103. The predicted molar refractivity (Wildman–Crippen MR) is 52.8 cm³/mol. The van der Waals surface area contributed by atoms with Crippen molar-refractivity contribution in [3.63, 3.8) is 0 Å². The van der Waals surface area contributed by atoms with E-state index in [1.165, 1.54) is 0 Å². The molecule has 0 fully saturated rings. The van der Waals surface area contributed by atoms with Crippen molar-refractivity contribution in [1.82, 2.24) is 0 Å². The van der Waals surface area contributed by atoms with Crippen LogP contribution in [0.3, 0.4) is 0 Å². The number of hydrogen-bond acceptors (Lipinski definition) is 1. The molecule has 0 N–H and O–H groups in total. The lowest BCUT2D eigenvalue weighted by Gasteiger charge is -2.21. The van der Waals surface area contributed by atoms with Crippen molar-refractivity contribution < 1.29 is 4.74 Å². The number of hydrogen-bond donors (Lipinski definition) is 0. The summed E-state index contributed by atoms with van der Waals surface area (Å²) in [7, 11) is 0. The summed E-state index contributed by atoms with van der Waals surface area (Å²) in [5, 5.41) is 0.103. The summed E-state index contributed by atoms with van der Waals surface area (Å²) in [4.78, 5) is 0. The molecule has 1 unspecified atom stereocenters. The van der Waals surface area contributed by atoms with Crippen LogP contribution in [0.25, 0.3) is 0 Å². The van der Waals surface area contributed by atoms with Crippen LogP contribution >= 0.6 is 27.5 Å². The van der Waals surface area contributed by atoms with E-state index in [2.05, 4.69) is 15.9 Å². The van der Waals surface area contributed by atoms with Crippen molar-refractivity contribution in [2.45, 2.75) is 11.8 Å². The van der Waals surface area contributed by atoms with E-state index in [-0.39, 0.29) is 5.38 Å². The Kier molecular flexibility index (Phi) is 2.28. The monoisotopic (exact) mass is 246 g/mol. The summed E-state index contributed by atoms with van der Waals surface area (Å²) in [5.74, 6) is 0.921. The van der Waals surface area contributed by atoms with E-state index >= 15 is 0 Å². The number of fused-ring (bicyclic) bond motifs is 1. The fourth-order valence-corrected chi connectivity index (χ4v) is 1.96. The Morgan fingerprint density at radius 3 is 3.17 bits per heavy atom. The second kappa shape index (κ2) is 3.27. The van der Waals surface area contributed by atoms with Gasteiger partial charge in [0.15, 0.2) is 0 Å². The van der Waals surface area contributed by atoms with Crippen LogP contribution in [-0.2, 0) is 0 Å². The molecule has 64 valence electrons. The number of alkyl halides is 1. The summed E-state index contributed by atoms with van der Waals surface area (Å²) in [6, 6.07) is 5.94. The zero-order valence-electron chi connectivity index (χ0n) is 6.39. The molecule has 3 heteroatoms. The van der Waals surface area contributed by atoms with Gasteiger partial charge in [-0.2, -0.15) is 0 Å². The molecule has 0 aliphatic carbocycles. The highest BCUT2D eigenvalue weighted by Crippen LogP contribution is 2.37. The summed E-state index contributed by atoms with van der Waals surface area (Å²) in [6.07, 6.45) is 0.894. The Bertz CT molecular complexity index is 301. The topological polar surface area (TPSA) is 9.23 Å². The average Bonchev–Trinajstić information content (AvgIpc) is 2.07. The van der Waals surface area contributed by atoms with E-state index in [1.54, 1.807) is 0 Å². The van der Waals surface area contributed by atoms with Gasteiger partial charge in [0, 0.05) is 16.5 Å². The molecule has 1 aromatic carbocycles. The van der Waals surface area contributed by atoms with Gasteiger partial charge >= 0.3 is 0 Å². The van der Waals surface area contributed by atoms with Crippen molar-refractivity contribution in [2.75, 3.05) is 6.61 Å². The second-order valence-electron chi connectivity index (χ2n) is 2.79. The van der Waals surface area contributed by atoms with Crippen LogP contribution in [0.4, 0.5) is 0 Å². The largest absolute Gasteiger partial charge is 0.493 e. The van der Waals surface area contributed by atoms with Gasteiger partial charge in [0.2, 0.25) is 0 Å². The molecule has 12 heavy (non-hydrogen) atoms. The minimum absolute atomic E-state index is 0.103. The van der Waals surface area contributed by atoms with Crippen molar-refractivity contribution in [3.8, 4) is 5.75 Å². The quantitative estimate of drug-likeness (QED) is 0.638. The van der Waals surface area contributed by atoms with E-state index in [4.69, 9.17) is 16.3 Å². The smallest absolute Gasteiger partial charge is 0.124 e. The number of halogens is 2. The van der Waals surface area contributed by atoms with Crippen LogP contribution in [0.2, 0.25) is 0 Å². The Morgan fingerprint density at radius 1 is 1.50 bits per heavy atom. The van der Waals surface area contributed by atoms with Gasteiger partial charge in [0.1, 0.15) is 5.75 Å². The molecule has 2 rings (SSSR count). The first kappa shape index (κ1) is 8.39. The molecular weight excluding hydrogens is 239 g/mol. The fraction of sp³-hybridized carbons (Fsp3) is 0.333. The van der Waals surface area contributed by atoms with Crippen molar-refractivity contribution in [2.24, 2.45) is 0 Å². The first-order chi connectivity index (χ1) is 5.77. The molecule has 1 aliphatic heterocycles. The van der Waals surface area contributed by atoms with Crippen molar-refractivity contribution in [3.05, 3.63) is 28.2 Å². The van der Waals surface area contributed by atoms with Gasteiger partial charge in [0.05, 0.1) is 12.0 Å². The van der Waals surface area contributed by atoms with Gasteiger partial charge in [-0.3, -0.25) is 0 Å². The van der Waals surface area contributed by atoms with Gasteiger partial charge in [-0.05, 0) is 18.2 Å². The van der Waals surface area contributed by atoms with E-state index in [0.29, 0.717) is 0 Å². The van der Waals surface area contributed by atoms with Crippen molar-refractivity contribution in [1.29, 1.82) is 0 Å². The highest BCUT2D eigenvalue weighted by atomic mass is 79.9. The third kappa shape index (κ3) is 1.46. The second-order valence-corrected chi connectivity index (χ2v) is 4.23. The van der Waals surface area contributed by atoms with Crippen LogP contribution in [0.15, 0.2) is 22.7 Å². The lowest BCUT2D eigenvalue weighted by molar-refractivity contribution is 0.285. The first-order valence-electron chi connectivity index (χ1n) is 3.83. The molecule has 1 aliphatic rings. The van der Waals surface area contributed by atoms with Crippen LogP contribution in [0.5, 0.6) is 5.75 Å². The van der Waals surface area contributed by atoms with Gasteiger partial charge < -0.3 is 4.74 Å². The third-order valence-electron chi connectivity index (χ3n) is 1.94. The number of rotatable bonds is 0. The third-order valence-corrected chi connectivity index (χ3v) is 2.88. The fourth-order valence-electron chi connectivity index (χ4n) is 1.32. The van der Waals surface area contributed by atoms with Crippen LogP contribution < -0.4 is 4.74 Å². The van der Waals surface area contributed by atoms with Crippen LogP contribution in [0, 0.1) is 0 Å². The van der Waals surface area contributed by atoms with Crippen LogP contribution in [-0.4, -0.2) is 6.61 Å². The predicted octanol–water partition coefficient (Wildman–Crippen LogP) is 3.51. The molecule has 0 amide bonds. The van der Waals surface area contributed by atoms with Gasteiger partial charge in [-0.1, -0.05) is 15.9 Å². The zero-order chi connectivity index (χ0) is 8.55. The summed E-state index contributed by atoms with van der Waals surface area (Å²) in [6.45, 7) is 0.725. The molecule has 0 bridgehead atoms. The van der Waals surface area contributed by atoms with Crippen LogP contribution in [0.1, 0.15) is 17.4 Å². The van der Waals surface area contributed by atoms with E-state index in [1.807, 2.05) is 18.2 Å². The van der Waals surface area contributed by atoms with Crippen molar-refractivity contribution >= 4 is 27.5 Å². The molecular formula is C9H8BrClO. The molecule has 0 saturated heterocycles. The highest BCUT2D eigenvalue weighted by Gasteiger charge is 2.18. The molecule has 1 atom stereocenters. The Balaban J connectivity index is 2.47. The van der Waals surface area contributed by atoms with E-state index < -0.39 is 0 Å². The standard InChI is InChI=1S/C9H8BrClO/c10-6-1-2-9-7(5-6)8(11)3-4-12-9/h1-2,5,8H,3-4H2. The molecule has 1 heterocycles. The Labute approximate surface area is 84.8 Å². The van der Waals surface area contributed by atoms with Gasteiger partial charge in [-0.25, -0.2) is 0 Å². The van der Waals surface area contributed by atoms with Gasteiger partial charge in [0.25, 0.3) is 0 Å². The molecule has 0 aromatic heterocycles. The molecule has 0 spiro atoms. The molecule has 0 radical (unpaired) electrons. The minimum Gasteiger partial charge on any atom is -0.493 e. The summed E-state index contributed by atoms with van der Waals surface area (Å²) in [5.41, 5.74) is 1.09. The Morgan fingerprint density at radius 2 is 2.33 bits per heavy atom. The van der Waals surface area contributed by atoms with E-state index in [0.717, 1.165) is 28.8 Å². The maximum absolute atomic E-state index is 6.12. The molecule has 1 aromatic rings. The number of benzene rings is 1. The molecule has 1 nitrogen and oxygen atoms in total. The lowest BCUT2D eigenvalue weighted by Crippen LogP contribution is -2.10. The lowest BCUT2D eigenvalue weighted by atomic mass is 10.1. The summed E-state index contributed by atoms with van der Waals surface area (Å²) < 4.78 is 6.50. The molecule has 0 saturated carbocycles. The Hall–Kier alpha value is -0.210. The van der Waals surface area contributed by atoms with E-state index in [9.17, 15) is 0 Å². The average molecular weight is 248 g/mol. The van der Waals surface area contributed by atoms with Gasteiger partial charge in [-0.15, -0.1) is 11.6 Å². The maximum Gasteiger partial charge on any atom is 0.124 e. The normalized spacial score (nSPS) is 21.3.